The van der Waals surface area contributed by atoms with Gasteiger partial charge in [-0.3, -0.25) is 0 Å². The predicted octanol–water partition coefficient (Wildman–Crippen LogP) is 2.00. The minimum Gasteiger partial charge on any atom is -0.468 e. The van der Waals surface area contributed by atoms with Crippen LogP contribution in [0, 0.1) is 0 Å². The van der Waals surface area contributed by atoms with E-state index in [1.165, 1.54) is 0 Å². The number of methoxy groups -OCH3 is 1. The summed E-state index contributed by atoms with van der Waals surface area (Å²) in [5.74, 6) is 0.951. The fourth-order valence-electron chi connectivity index (χ4n) is 1.60. The van der Waals surface area contributed by atoms with Gasteiger partial charge in [-0.05, 0) is 25.5 Å². The monoisotopic (exact) mass is 271 g/mol. The lowest BCUT2D eigenvalue weighted by Crippen LogP contribution is -2.23. The summed E-state index contributed by atoms with van der Waals surface area (Å²) in [6, 6.07) is 4.08. The Hall–Kier alpha value is -0.880. The third kappa shape index (κ3) is 8.00. The Balaban J connectivity index is 1.83. The van der Waals surface area contributed by atoms with Gasteiger partial charge in [-0.15, -0.1) is 0 Å². The molecule has 5 heteroatoms. The van der Waals surface area contributed by atoms with Crippen LogP contribution in [0.3, 0.4) is 0 Å². The molecule has 1 atom stereocenters. The molecule has 1 rings (SSSR count). The van der Waals surface area contributed by atoms with Crippen LogP contribution in [0.1, 0.15) is 25.1 Å². The lowest BCUT2D eigenvalue weighted by Gasteiger charge is -2.11. The first-order valence-electron chi connectivity index (χ1n) is 6.76. The van der Waals surface area contributed by atoms with Crippen molar-refractivity contribution in [1.82, 2.24) is 5.32 Å². The molecule has 1 aromatic rings. The van der Waals surface area contributed by atoms with Gasteiger partial charge in [-0.2, -0.15) is 0 Å². The van der Waals surface area contributed by atoms with Gasteiger partial charge >= 0.3 is 0 Å². The topological polar surface area (TPSA) is 52.9 Å². The van der Waals surface area contributed by atoms with Crippen LogP contribution in [0.2, 0.25) is 0 Å². The zero-order valence-corrected chi connectivity index (χ0v) is 11.9. The molecule has 0 saturated carbocycles. The van der Waals surface area contributed by atoms with E-state index in [2.05, 4.69) is 12.2 Å². The minimum atomic E-state index is 0.218. The van der Waals surface area contributed by atoms with E-state index in [1.54, 1.807) is 13.4 Å². The summed E-state index contributed by atoms with van der Waals surface area (Å²) >= 11 is 0. The maximum absolute atomic E-state index is 5.50. The molecule has 0 bridgehead atoms. The quantitative estimate of drug-likeness (QED) is 0.589. The van der Waals surface area contributed by atoms with E-state index in [-0.39, 0.29) is 6.04 Å². The maximum atomic E-state index is 5.50. The SMILES string of the molecule is COCCOCCCOCCNC(C)c1ccco1. The molecular formula is C14H25NO4. The molecule has 19 heavy (non-hydrogen) atoms. The van der Waals surface area contributed by atoms with Crippen molar-refractivity contribution in [2.75, 3.05) is 46.7 Å². The largest absolute Gasteiger partial charge is 0.468 e. The van der Waals surface area contributed by atoms with Crippen molar-refractivity contribution in [3.05, 3.63) is 24.2 Å². The first-order valence-corrected chi connectivity index (χ1v) is 6.76. The maximum Gasteiger partial charge on any atom is 0.120 e. The predicted molar refractivity (Wildman–Crippen MR) is 73.3 cm³/mol. The molecule has 1 N–H and O–H groups in total. The lowest BCUT2D eigenvalue weighted by molar-refractivity contribution is 0.0516. The van der Waals surface area contributed by atoms with Crippen molar-refractivity contribution in [2.24, 2.45) is 0 Å². The van der Waals surface area contributed by atoms with Gasteiger partial charge in [-0.1, -0.05) is 0 Å². The Morgan fingerprint density at radius 2 is 1.95 bits per heavy atom. The summed E-state index contributed by atoms with van der Waals surface area (Å²) in [7, 11) is 1.67. The van der Waals surface area contributed by atoms with Crippen LogP contribution in [0.25, 0.3) is 0 Å². The van der Waals surface area contributed by atoms with Crippen LogP contribution in [0.5, 0.6) is 0 Å². The van der Waals surface area contributed by atoms with Crippen LogP contribution < -0.4 is 5.32 Å². The molecule has 0 fully saturated rings. The molecule has 1 heterocycles. The number of rotatable bonds is 12. The average molecular weight is 271 g/mol. The summed E-state index contributed by atoms with van der Waals surface area (Å²) in [4.78, 5) is 0. The molecule has 0 aliphatic heterocycles. The van der Waals surface area contributed by atoms with Crippen LogP contribution in [-0.2, 0) is 14.2 Å². The van der Waals surface area contributed by atoms with Gasteiger partial charge in [-0.25, -0.2) is 0 Å². The third-order valence-corrected chi connectivity index (χ3v) is 2.68. The van der Waals surface area contributed by atoms with Crippen LogP contribution in [0.15, 0.2) is 22.8 Å². The average Bonchev–Trinajstić information content (AvgIpc) is 2.95. The van der Waals surface area contributed by atoms with Crippen molar-refractivity contribution in [2.45, 2.75) is 19.4 Å². The molecule has 0 aromatic carbocycles. The van der Waals surface area contributed by atoms with Gasteiger partial charge in [0.1, 0.15) is 5.76 Å². The summed E-state index contributed by atoms with van der Waals surface area (Å²) in [5, 5.41) is 3.34. The first kappa shape index (κ1) is 16.2. The van der Waals surface area contributed by atoms with E-state index in [4.69, 9.17) is 18.6 Å². The number of ether oxygens (including phenoxy) is 3. The molecule has 0 radical (unpaired) electrons. The Morgan fingerprint density at radius 3 is 2.63 bits per heavy atom. The van der Waals surface area contributed by atoms with Crippen molar-refractivity contribution in [3.63, 3.8) is 0 Å². The fraction of sp³-hybridized carbons (Fsp3) is 0.714. The van der Waals surface area contributed by atoms with Gasteiger partial charge in [0.2, 0.25) is 0 Å². The summed E-state index contributed by atoms with van der Waals surface area (Å²) in [6.45, 7) is 6.33. The summed E-state index contributed by atoms with van der Waals surface area (Å²) in [5.41, 5.74) is 0. The van der Waals surface area contributed by atoms with Gasteiger partial charge in [0, 0.05) is 26.9 Å². The highest BCUT2D eigenvalue weighted by Gasteiger charge is 2.05. The van der Waals surface area contributed by atoms with E-state index >= 15 is 0 Å². The van der Waals surface area contributed by atoms with E-state index < -0.39 is 0 Å². The van der Waals surface area contributed by atoms with E-state index in [1.807, 2.05) is 12.1 Å². The molecule has 0 amide bonds. The Bertz CT molecular complexity index is 290. The van der Waals surface area contributed by atoms with Crippen molar-refractivity contribution in [3.8, 4) is 0 Å². The number of hydrogen-bond donors (Lipinski definition) is 1. The number of nitrogens with one attached hydrogen (secondary N) is 1. The minimum absolute atomic E-state index is 0.218. The van der Waals surface area contributed by atoms with Crippen molar-refractivity contribution < 1.29 is 18.6 Å². The van der Waals surface area contributed by atoms with Crippen LogP contribution in [-0.4, -0.2) is 46.7 Å². The number of furan rings is 1. The lowest BCUT2D eigenvalue weighted by atomic mass is 10.2. The molecule has 1 unspecified atom stereocenters. The first-order chi connectivity index (χ1) is 9.34. The normalized spacial score (nSPS) is 12.7. The Labute approximate surface area is 115 Å². The summed E-state index contributed by atoms with van der Waals surface area (Å²) < 4.78 is 21.0. The fourth-order valence-corrected chi connectivity index (χ4v) is 1.60. The Kier molecular flexibility index (Phi) is 9.36. The highest BCUT2D eigenvalue weighted by atomic mass is 16.5. The zero-order valence-electron chi connectivity index (χ0n) is 11.9. The van der Waals surface area contributed by atoms with Crippen molar-refractivity contribution >= 4 is 0 Å². The zero-order chi connectivity index (χ0) is 13.8. The van der Waals surface area contributed by atoms with Gasteiger partial charge in [0.25, 0.3) is 0 Å². The van der Waals surface area contributed by atoms with Gasteiger partial charge < -0.3 is 23.9 Å². The second-order valence-electron chi connectivity index (χ2n) is 4.26. The smallest absolute Gasteiger partial charge is 0.120 e. The van der Waals surface area contributed by atoms with Crippen LogP contribution in [0.4, 0.5) is 0 Å². The Morgan fingerprint density at radius 1 is 1.16 bits per heavy atom. The highest BCUT2D eigenvalue weighted by molar-refractivity contribution is 5.02. The van der Waals surface area contributed by atoms with Crippen LogP contribution >= 0.6 is 0 Å². The molecule has 110 valence electrons. The second kappa shape index (κ2) is 11.0. The second-order valence-corrected chi connectivity index (χ2v) is 4.26. The van der Waals surface area contributed by atoms with E-state index in [0.29, 0.717) is 19.8 Å². The standard InChI is InChI=1S/C14H25NO4/c1-13(14-5-3-9-19-14)15-6-10-17-7-4-8-18-12-11-16-2/h3,5,9,13,15H,4,6-8,10-12H2,1-2H3. The molecule has 0 aliphatic rings. The molecule has 1 aromatic heterocycles. The molecule has 0 spiro atoms. The van der Waals surface area contributed by atoms with Gasteiger partial charge in [0.15, 0.2) is 0 Å². The highest BCUT2D eigenvalue weighted by Crippen LogP contribution is 2.11. The van der Waals surface area contributed by atoms with Crippen molar-refractivity contribution in [1.29, 1.82) is 0 Å². The molecule has 0 aliphatic carbocycles. The molecule has 0 saturated heterocycles. The van der Waals surface area contributed by atoms with Gasteiger partial charge in [0.05, 0.1) is 32.1 Å². The molecule has 5 nitrogen and oxygen atoms in total. The molecular weight excluding hydrogens is 246 g/mol. The number of hydrogen-bond acceptors (Lipinski definition) is 5. The summed E-state index contributed by atoms with van der Waals surface area (Å²) in [6.07, 6.45) is 2.60. The van der Waals surface area contributed by atoms with E-state index in [0.717, 1.165) is 31.9 Å². The third-order valence-electron chi connectivity index (χ3n) is 2.68. The van der Waals surface area contributed by atoms with E-state index in [9.17, 15) is 0 Å².